The van der Waals surface area contributed by atoms with Crippen molar-refractivity contribution >= 4 is 17.8 Å². The molecular weight excluding hydrogens is 310 g/mol. The molecule has 0 bridgehead atoms. The normalized spacial score (nSPS) is 20.3. The predicted octanol–water partition coefficient (Wildman–Crippen LogP) is 2.76. The van der Waals surface area contributed by atoms with Crippen LogP contribution in [0.3, 0.4) is 0 Å². The van der Waals surface area contributed by atoms with Crippen LogP contribution in [0.4, 0.5) is 9.59 Å². The molecule has 0 fully saturated rings. The van der Waals surface area contributed by atoms with E-state index >= 15 is 0 Å². The van der Waals surface area contributed by atoms with Gasteiger partial charge in [0.25, 0.3) is 0 Å². The van der Waals surface area contributed by atoms with Gasteiger partial charge in [-0.05, 0) is 19.4 Å². The fraction of sp³-hybridized carbons (Fsp3) is 0.412. The summed E-state index contributed by atoms with van der Waals surface area (Å²) in [7, 11) is 0. The van der Waals surface area contributed by atoms with E-state index in [0.717, 1.165) is 10.5 Å². The van der Waals surface area contributed by atoms with Gasteiger partial charge in [0.15, 0.2) is 0 Å². The van der Waals surface area contributed by atoms with E-state index in [1.165, 1.54) is 0 Å². The maximum Gasteiger partial charge on any atom is 0.418 e. The van der Waals surface area contributed by atoms with Gasteiger partial charge in [-0.3, -0.25) is 0 Å². The van der Waals surface area contributed by atoms with Crippen LogP contribution in [0.25, 0.3) is 0 Å². The van der Waals surface area contributed by atoms with Gasteiger partial charge in [0, 0.05) is 5.71 Å². The van der Waals surface area contributed by atoms with Crippen LogP contribution in [-0.4, -0.2) is 42.0 Å². The highest BCUT2D eigenvalue weighted by Gasteiger charge is 2.41. The monoisotopic (exact) mass is 329 g/mol. The molecule has 2 rings (SSSR count). The van der Waals surface area contributed by atoms with Gasteiger partial charge in [-0.1, -0.05) is 30.3 Å². The van der Waals surface area contributed by atoms with Crippen molar-refractivity contribution in [1.82, 2.24) is 4.90 Å². The number of aliphatic imine (C=N–C) groups is 1. The van der Waals surface area contributed by atoms with E-state index in [4.69, 9.17) is 9.47 Å². The predicted molar refractivity (Wildman–Crippen MR) is 86.4 cm³/mol. The molecular formula is C17H19N3O4. The molecule has 0 spiro atoms. The Hall–Kier alpha value is -2.72. The van der Waals surface area contributed by atoms with Gasteiger partial charge in [-0.2, -0.15) is 5.26 Å². The van der Waals surface area contributed by atoms with Gasteiger partial charge in [0.05, 0.1) is 31.9 Å². The number of benzene rings is 1. The van der Waals surface area contributed by atoms with Crippen LogP contribution < -0.4 is 0 Å². The molecule has 0 saturated heterocycles. The summed E-state index contributed by atoms with van der Waals surface area (Å²) in [6, 6.07) is 10.1. The van der Waals surface area contributed by atoms with Crippen LogP contribution in [0.15, 0.2) is 35.3 Å². The molecule has 2 unspecified atom stereocenters. The molecule has 7 nitrogen and oxygen atoms in total. The summed E-state index contributed by atoms with van der Waals surface area (Å²) in [6.45, 7) is 3.71. The molecule has 1 aromatic rings. The van der Waals surface area contributed by atoms with E-state index in [1.54, 1.807) is 13.8 Å². The third-order valence-electron chi connectivity index (χ3n) is 3.65. The van der Waals surface area contributed by atoms with Crippen LogP contribution in [0.1, 0.15) is 19.4 Å². The van der Waals surface area contributed by atoms with E-state index < -0.39 is 24.1 Å². The fourth-order valence-electron chi connectivity index (χ4n) is 2.47. The Morgan fingerprint density at radius 2 is 2.08 bits per heavy atom. The van der Waals surface area contributed by atoms with E-state index in [0.29, 0.717) is 12.3 Å². The molecule has 24 heavy (non-hydrogen) atoms. The first-order valence-corrected chi connectivity index (χ1v) is 7.64. The van der Waals surface area contributed by atoms with Gasteiger partial charge >= 0.3 is 12.1 Å². The van der Waals surface area contributed by atoms with Crippen molar-refractivity contribution in [3.05, 3.63) is 35.9 Å². The summed E-state index contributed by atoms with van der Waals surface area (Å²) in [5.74, 6) is -0.720. The molecule has 0 saturated carbocycles. The quantitative estimate of drug-likeness (QED) is 0.828. The average Bonchev–Trinajstić information content (AvgIpc) is 2.56. The van der Waals surface area contributed by atoms with Crippen molar-refractivity contribution in [3.63, 3.8) is 0 Å². The standard InChI is InChI=1S/C17H19N3O4/c1-3-24-17(22)20-15(14(9-18)12(2)19-16(20)21)11-23-10-13-7-5-4-6-8-13/h4-8,14-15H,3,10-11H2,1-2H3. The highest BCUT2D eigenvalue weighted by atomic mass is 16.6. The third kappa shape index (κ3) is 3.97. The highest BCUT2D eigenvalue weighted by Crippen LogP contribution is 2.22. The smallest absolute Gasteiger partial charge is 0.418 e. The van der Waals surface area contributed by atoms with E-state index in [-0.39, 0.29) is 13.2 Å². The number of carbonyl (C=O) groups excluding carboxylic acids is 2. The highest BCUT2D eigenvalue weighted by molar-refractivity contribution is 6.04. The van der Waals surface area contributed by atoms with Crippen LogP contribution in [-0.2, 0) is 16.1 Å². The lowest BCUT2D eigenvalue weighted by molar-refractivity contribution is 0.0456. The molecule has 1 aromatic carbocycles. The minimum atomic E-state index is -0.813. The molecule has 0 N–H and O–H groups in total. The Balaban J connectivity index is 2.14. The topological polar surface area (TPSA) is 92.0 Å². The summed E-state index contributed by atoms with van der Waals surface area (Å²) in [6.07, 6.45) is -0.813. The Kier molecular flexibility index (Phi) is 6.04. The summed E-state index contributed by atoms with van der Waals surface area (Å²) in [4.78, 5) is 28.8. The molecule has 0 aromatic heterocycles. The number of amides is 3. The van der Waals surface area contributed by atoms with Gasteiger partial charge in [-0.25, -0.2) is 19.5 Å². The first-order chi connectivity index (χ1) is 11.6. The number of hydrogen-bond donors (Lipinski definition) is 0. The molecule has 1 heterocycles. The second-order valence-electron chi connectivity index (χ2n) is 5.28. The van der Waals surface area contributed by atoms with Crippen LogP contribution in [0, 0.1) is 17.2 Å². The number of imide groups is 1. The molecule has 7 heteroatoms. The van der Waals surface area contributed by atoms with E-state index in [1.807, 2.05) is 30.3 Å². The number of hydrogen-bond acceptors (Lipinski definition) is 5. The lowest BCUT2D eigenvalue weighted by Crippen LogP contribution is -2.54. The SMILES string of the molecule is CCOC(=O)N1C(=O)N=C(C)C(C#N)C1COCc1ccccc1. The molecule has 1 aliphatic heterocycles. The number of urea groups is 1. The van der Waals surface area contributed by atoms with Crippen LogP contribution >= 0.6 is 0 Å². The second-order valence-corrected chi connectivity index (χ2v) is 5.28. The van der Waals surface area contributed by atoms with Crippen LogP contribution in [0.2, 0.25) is 0 Å². The first kappa shape index (κ1) is 17.6. The maximum absolute atomic E-state index is 12.1. The van der Waals surface area contributed by atoms with E-state index in [9.17, 15) is 14.9 Å². The molecule has 126 valence electrons. The lowest BCUT2D eigenvalue weighted by Gasteiger charge is -2.33. The molecule has 0 aliphatic carbocycles. The number of rotatable bonds is 5. The zero-order chi connectivity index (χ0) is 17.5. The summed E-state index contributed by atoms with van der Waals surface area (Å²) < 4.78 is 10.5. The van der Waals surface area contributed by atoms with Crippen molar-refractivity contribution in [3.8, 4) is 6.07 Å². The largest absolute Gasteiger partial charge is 0.449 e. The molecule has 2 atom stereocenters. The molecule has 0 radical (unpaired) electrons. The van der Waals surface area contributed by atoms with Gasteiger partial charge in [0.1, 0.15) is 5.92 Å². The van der Waals surface area contributed by atoms with Crippen molar-refractivity contribution < 1.29 is 19.1 Å². The van der Waals surface area contributed by atoms with Gasteiger partial charge in [0.2, 0.25) is 0 Å². The Labute approximate surface area is 140 Å². The zero-order valence-corrected chi connectivity index (χ0v) is 13.6. The summed E-state index contributed by atoms with van der Waals surface area (Å²) >= 11 is 0. The molecule has 3 amide bonds. The van der Waals surface area contributed by atoms with E-state index in [2.05, 4.69) is 11.1 Å². The van der Waals surface area contributed by atoms with Crippen LogP contribution in [0.5, 0.6) is 0 Å². The number of nitrogens with zero attached hydrogens (tertiary/aromatic N) is 3. The van der Waals surface area contributed by atoms with Gasteiger partial charge < -0.3 is 9.47 Å². The Morgan fingerprint density at radius 3 is 2.71 bits per heavy atom. The second kappa shape index (κ2) is 8.22. The number of carbonyl (C=O) groups is 2. The summed E-state index contributed by atoms with van der Waals surface area (Å²) in [5, 5.41) is 9.39. The van der Waals surface area contributed by atoms with Crippen molar-refractivity contribution in [2.24, 2.45) is 10.9 Å². The maximum atomic E-state index is 12.1. The minimum absolute atomic E-state index is 0.0323. The average molecular weight is 329 g/mol. The summed E-state index contributed by atoms with van der Waals surface area (Å²) in [5.41, 5.74) is 1.33. The van der Waals surface area contributed by atoms with Crippen molar-refractivity contribution in [2.45, 2.75) is 26.5 Å². The van der Waals surface area contributed by atoms with Crippen molar-refractivity contribution in [2.75, 3.05) is 13.2 Å². The van der Waals surface area contributed by atoms with Crippen molar-refractivity contribution in [1.29, 1.82) is 5.26 Å². The number of ether oxygens (including phenoxy) is 2. The van der Waals surface area contributed by atoms with Gasteiger partial charge in [-0.15, -0.1) is 0 Å². The number of nitriles is 1. The Morgan fingerprint density at radius 1 is 1.38 bits per heavy atom. The first-order valence-electron chi connectivity index (χ1n) is 7.64. The fourth-order valence-corrected chi connectivity index (χ4v) is 2.47. The Bertz CT molecular complexity index is 666. The zero-order valence-electron chi connectivity index (χ0n) is 13.6. The molecule has 1 aliphatic rings. The lowest BCUT2D eigenvalue weighted by atomic mass is 9.94. The minimum Gasteiger partial charge on any atom is -0.449 e. The third-order valence-corrected chi connectivity index (χ3v) is 3.65.